The molecule has 0 radical (unpaired) electrons. The number of nitro groups is 1. The van der Waals surface area contributed by atoms with Crippen molar-refractivity contribution in [1.29, 1.82) is 0 Å². The van der Waals surface area contributed by atoms with Crippen LogP contribution in [0.1, 0.15) is 19.3 Å². The van der Waals surface area contributed by atoms with Crippen LogP contribution < -0.4 is 11.1 Å². The first-order valence-corrected chi connectivity index (χ1v) is 5.86. The van der Waals surface area contributed by atoms with Crippen molar-refractivity contribution in [3.8, 4) is 0 Å². The van der Waals surface area contributed by atoms with Crippen molar-refractivity contribution in [3.05, 3.63) is 33.3 Å². The zero-order valence-corrected chi connectivity index (χ0v) is 10.4. The molecule has 0 saturated carbocycles. The van der Waals surface area contributed by atoms with Crippen LogP contribution in [0.15, 0.2) is 18.2 Å². The van der Waals surface area contributed by atoms with Gasteiger partial charge in [-0.2, -0.15) is 0 Å². The van der Waals surface area contributed by atoms with Crippen LogP contribution in [-0.2, 0) is 4.79 Å². The van der Waals surface area contributed by atoms with Crippen molar-refractivity contribution in [3.63, 3.8) is 0 Å². The molecule has 1 amide bonds. The summed E-state index contributed by atoms with van der Waals surface area (Å²) in [5, 5.41) is 13.4. The fourth-order valence-electron chi connectivity index (χ4n) is 1.37. The summed E-state index contributed by atoms with van der Waals surface area (Å²) in [5.74, 6) is -0.231. The van der Waals surface area contributed by atoms with Crippen molar-refractivity contribution < 1.29 is 9.72 Å². The standard InChI is InChI=1S/C11H14ClN3O3/c12-9-5-4-8(15(17)18)7-10(9)14-11(16)3-1-2-6-13/h4-5,7H,1-3,6,13H2,(H,14,16). The van der Waals surface area contributed by atoms with Gasteiger partial charge in [0.2, 0.25) is 5.91 Å². The molecule has 0 heterocycles. The minimum absolute atomic E-state index is 0.114. The van der Waals surface area contributed by atoms with Crippen molar-refractivity contribution >= 4 is 28.9 Å². The lowest BCUT2D eigenvalue weighted by molar-refractivity contribution is -0.384. The first kappa shape index (κ1) is 14.4. The topological polar surface area (TPSA) is 98.3 Å². The van der Waals surface area contributed by atoms with E-state index in [0.717, 1.165) is 6.42 Å². The fraction of sp³-hybridized carbons (Fsp3) is 0.364. The van der Waals surface area contributed by atoms with Crippen molar-refractivity contribution in [2.45, 2.75) is 19.3 Å². The SMILES string of the molecule is NCCCCC(=O)Nc1cc([N+](=O)[O-])ccc1Cl. The maximum absolute atomic E-state index is 11.5. The van der Waals surface area contributed by atoms with Gasteiger partial charge in [-0.15, -0.1) is 0 Å². The number of hydrogen-bond acceptors (Lipinski definition) is 4. The Morgan fingerprint density at radius 2 is 2.17 bits per heavy atom. The van der Waals surface area contributed by atoms with Gasteiger partial charge >= 0.3 is 0 Å². The number of non-ortho nitro benzene ring substituents is 1. The highest BCUT2D eigenvalue weighted by Crippen LogP contribution is 2.26. The number of unbranched alkanes of at least 4 members (excludes halogenated alkanes) is 1. The summed E-state index contributed by atoms with van der Waals surface area (Å²) in [6.07, 6.45) is 1.75. The Labute approximate surface area is 109 Å². The molecule has 0 unspecified atom stereocenters. The fourth-order valence-corrected chi connectivity index (χ4v) is 1.53. The molecule has 3 N–H and O–H groups in total. The maximum Gasteiger partial charge on any atom is 0.271 e. The Hall–Kier alpha value is -1.66. The number of benzene rings is 1. The third kappa shape index (κ3) is 4.31. The molecule has 1 aromatic carbocycles. The zero-order chi connectivity index (χ0) is 13.5. The monoisotopic (exact) mass is 271 g/mol. The number of halogens is 1. The minimum atomic E-state index is -0.541. The number of anilines is 1. The van der Waals surface area contributed by atoms with E-state index in [9.17, 15) is 14.9 Å². The molecule has 0 aliphatic heterocycles. The second-order valence-corrected chi connectivity index (χ2v) is 4.12. The van der Waals surface area contributed by atoms with Gasteiger partial charge in [0.1, 0.15) is 0 Å². The molecule has 0 aliphatic rings. The van der Waals surface area contributed by atoms with Crippen LogP contribution in [0.2, 0.25) is 5.02 Å². The van der Waals surface area contributed by atoms with E-state index in [1.807, 2.05) is 0 Å². The smallest absolute Gasteiger partial charge is 0.271 e. The number of nitrogens with two attached hydrogens (primary N) is 1. The van der Waals surface area contributed by atoms with E-state index in [0.29, 0.717) is 19.4 Å². The number of carbonyl (C=O) groups excluding carboxylic acids is 1. The Kier molecular flexibility index (Phi) is 5.54. The Morgan fingerprint density at radius 3 is 2.78 bits per heavy atom. The zero-order valence-electron chi connectivity index (χ0n) is 9.69. The molecule has 0 spiro atoms. The van der Waals surface area contributed by atoms with E-state index in [4.69, 9.17) is 17.3 Å². The lowest BCUT2D eigenvalue weighted by atomic mass is 10.2. The lowest BCUT2D eigenvalue weighted by Gasteiger charge is -2.06. The van der Waals surface area contributed by atoms with Gasteiger partial charge in [-0.05, 0) is 25.5 Å². The van der Waals surface area contributed by atoms with Crippen LogP contribution in [0.25, 0.3) is 0 Å². The second-order valence-electron chi connectivity index (χ2n) is 3.72. The van der Waals surface area contributed by atoms with E-state index in [1.165, 1.54) is 18.2 Å². The predicted octanol–water partition coefficient (Wildman–Crippen LogP) is 2.32. The summed E-state index contributed by atoms with van der Waals surface area (Å²) >= 11 is 5.85. The molecule has 7 heteroatoms. The molecule has 0 aliphatic carbocycles. The number of hydrogen-bond donors (Lipinski definition) is 2. The summed E-state index contributed by atoms with van der Waals surface area (Å²) in [6, 6.07) is 3.91. The van der Waals surface area contributed by atoms with E-state index in [-0.39, 0.29) is 22.3 Å². The van der Waals surface area contributed by atoms with Crippen LogP contribution in [0, 0.1) is 10.1 Å². The van der Waals surface area contributed by atoms with Crippen LogP contribution >= 0.6 is 11.6 Å². The normalized spacial score (nSPS) is 10.1. The van der Waals surface area contributed by atoms with Crippen LogP contribution in [-0.4, -0.2) is 17.4 Å². The van der Waals surface area contributed by atoms with Crippen molar-refractivity contribution in [1.82, 2.24) is 0 Å². The Morgan fingerprint density at radius 1 is 1.44 bits per heavy atom. The minimum Gasteiger partial charge on any atom is -0.330 e. The van der Waals surface area contributed by atoms with E-state index in [2.05, 4.69) is 5.32 Å². The van der Waals surface area contributed by atoms with Crippen LogP contribution in [0.4, 0.5) is 11.4 Å². The summed E-state index contributed by atoms with van der Waals surface area (Å²) in [5.41, 5.74) is 5.46. The number of nitro benzene ring substituents is 1. The molecule has 1 aromatic rings. The number of nitrogens with zero attached hydrogens (tertiary/aromatic N) is 1. The van der Waals surface area contributed by atoms with Gasteiger partial charge in [-0.3, -0.25) is 14.9 Å². The summed E-state index contributed by atoms with van der Waals surface area (Å²) in [6.45, 7) is 0.533. The number of rotatable bonds is 6. The van der Waals surface area contributed by atoms with E-state index >= 15 is 0 Å². The maximum atomic E-state index is 11.5. The van der Waals surface area contributed by atoms with Crippen LogP contribution in [0.5, 0.6) is 0 Å². The van der Waals surface area contributed by atoms with Gasteiger partial charge < -0.3 is 11.1 Å². The van der Waals surface area contributed by atoms with Gasteiger partial charge in [-0.25, -0.2) is 0 Å². The Balaban J connectivity index is 2.68. The highest BCUT2D eigenvalue weighted by Gasteiger charge is 2.11. The quantitative estimate of drug-likeness (QED) is 0.471. The van der Waals surface area contributed by atoms with E-state index in [1.54, 1.807) is 0 Å². The predicted molar refractivity (Wildman–Crippen MR) is 69.6 cm³/mol. The largest absolute Gasteiger partial charge is 0.330 e. The molecule has 0 bridgehead atoms. The highest BCUT2D eigenvalue weighted by atomic mass is 35.5. The second kappa shape index (κ2) is 6.93. The van der Waals surface area contributed by atoms with Gasteiger partial charge in [0, 0.05) is 18.6 Å². The molecular weight excluding hydrogens is 258 g/mol. The van der Waals surface area contributed by atoms with Gasteiger partial charge in [0.15, 0.2) is 0 Å². The highest BCUT2D eigenvalue weighted by molar-refractivity contribution is 6.33. The molecule has 0 fully saturated rings. The molecule has 0 saturated heterocycles. The van der Waals surface area contributed by atoms with Gasteiger partial charge in [0.05, 0.1) is 15.6 Å². The number of carbonyl (C=O) groups is 1. The molecule has 18 heavy (non-hydrogen) atoms. The van der Waals surface area contributed by atoms with Crippen LogP contribution in [0.3, 0.4) is 0 Å². The molecule has 6 nitrogen and oxygen atoms in total. The summed E-state index contributed by atoms with van der Waals surface area (Å²) in [4.78, 5) is 21.6. The third-order valence-corrected chi connectivity index (χ3v) is 2.62. The van der Waals surface area contributed by atoms with E-state index < -0.39 is 4.92 Å². The summed E-state index contributed by atoms with van der Waals surface area (Å²) in [7, 11) is 0. The molecule has 98 valence electrons. The van der Waals surface area contributed by atoms with Gasteiger partial charge in [-0.1, -0.05) is 11.6 Å². The number of amides is 1. The molecule has 0 atom stereocenters. The first-order valence-electron chi connectivity index (χ1n) is 5.48. The van der Waals surface area contributed by atoms with Crippen molar-refractivity contribution in [2.75, 3.05) is 11.9 Å². The van der Waals surface area contributed by atoms with Crippen molar-refractivity contribution in [2.24, 2.45) is 5.73 Å². The summed E-state index contributed by atoms with van der Waals surface area (Å²) < 4.78 is 0. The molecule has 1 rings (SSSR count). The third-order valence-electron chi connectivity index (χ3n) is 2.29. The molecule has 0 aromatic heterocycles. The lowest BCUT2D eigenvalue weighted by Crippen LogP contribution is -2.12. The number of nitrogens with one attached hydrogen (secondary N) is 1. The average Bonchev–Trinajstić information content (AvgIpc) is 2.32. The average molecular weight is 272 g/mol. The molecular formula is C11H14ClN3O3. The van der Waals surface area contributed by atoms with Gasteiger partial charge in [0.25, 0.3) is 5.69 Å². The Bertz CT molecular complexity index is 451. The first-order chi connectivity index (χ1) is 8.54.